The third-order valence-corrected chi connectivity index (χ3v) is 9.38. The second-order valence-corrected chi connectivity index (χ2v) is 14.3. The lowest BCUT2D eigenvalue weighted by atomic mass is 9.35. The molecule has 6 aromatic rings. The number of benzene rings is 5. The molecule has 8 rings (SSSR count). The molecule has 44 heavy (non-hydrogen) atoms. The molecule has 0 amide bonds. The zero-order valence-corrected chi connectivity index (χ0v) is 26.3. The molecule has 0 N–H and O–H groups in total. The van der Waals surface area contributed by atoms with Gasteiger partial charge in [0, 0.05) is 33.8 Å². The molecular formula is C40H37BN2O. The third kappa shape index (κ3) is 3.97. The topological polar surface area (TPSA) is 19.6 Å². The summed E-state index contributed by atoms with van der Waals surface area (Å²) in [7, 11) is 0. The van der Waals surface area contributed by atoms with Crippen molar-refractivity contribution in [3.05, 3.63) is 126 Å². The Morgan fingerprint density at radius 1 is 0.523 bits per heavy atom. The van der Waals surface area contributed by atoms with Gasteiger partial charge < -0.3 is 14.2 Å². The van der Waals surface area contributed by atoms with E-state index in [1.807, 2.05) is 0 Å². The summed E-state index contributed by atoms with van der Waals surface area (Å²) in [5, 5.41) is 1.14. The molecule has 0 bridgehead atoms. The zero-order chi connectivity index (χ0) is 30.4. The minimum Gasteiger partial charge on any atom is -0.468 e. The Kier molecular flexibility index (Phi) is 5.75. The lowest BCUT2D eigenvalue weighted by molar-refractivity contribution is 0.590. The smallest absolute Gasteiger partial charge is 0.297 e. The Morgan fingerprint density at radius 2 is 1.05 bits per heavy atom. The number of fused-ring (bicyclic) bond motifs is 6. The van der Waals surface area contributed by atoms with Crippen molar-refractivity contribution in [3.8, 4) is 0 Å². The second-order valence-electron chi connectivity index (χ2n) is 14.3. The summed E-state index contributed by atoms with van der Waals surface area (Å²) in [6, 6.07) is 42.3. The largest absolute Gasteiger partial charge is 0.468 e. The van der Waals surface area contributed by atoms with E-state index in [1.165, 1.54) is 39.1 Å². The monoisotopic (exact) mass is 572 g/mol. The van der Waals surface area contributed by atoms with Crippen molar-refractivity contribution in [1.29, 1.82) is 0 Å². The third-order valence-electron chi connectivity index (χ3n) is 9.38. The first-order valence-electron chi connectivity index (χ1n) is 15.7. The van der Waals surface area contributed by atoms with Crippen LogP contribution in [-0.4, -0.2) is 6.71 Å². The summed E-state index contributed by atoms with van der Waals surface area (Å²) in [5.41, 5.74) is 14.3. The van der Waals surface area contributed by atoms with Gasteiger partial charge in [-0.1, -0.05) is 102 Å². The highest BCUT2D eigenvalue weighted by molar-refractivity contribution is 6.99. The highest BCUT2D eigenvalue weighted by Gasteiger charge is 2.46. The lowest BCUT2D eigenvalue weighted by Gasteiger charge is -2.42. The number of hydrogen-bond donors (Lipinski definition) is 0. The molecule has 3 nitrogen and oxygen atoms in total. The van der Waals surface area contributed by atoms with Gasteiger partial charge in [-0.25, -0.2) is 0 Å². The molecule has 216 valence electrons. The molecule has 0 fully saturated rings. The summed E-state index contributed by atoms with van der Waals surface area (Å²) in [6.07, 6.45) is 0. The van der Waals surface area contributed by atoms with Crippen molar-refractivity contribution in [3.63, 3.8) is 0 Å². The van der Waals surface area contributed by atoms with Crippen molar-refractivity contribution in [2.24, 2.45) is 0 Å². The predicted molar refractivity (Wildman–Crippen MR) is 188 cm³/mol. The van der Waals surface area contributed by atoms with Crippen molar-refractivity contribution in [2.75, 3.05) is 9.80 Å². The van der Waals surface area contributed by atoms with Gasteiger partial charge in [0.05, 0.1) is 11.3 Å². The fraction of sp³-hybridized carbons (Fsp3) is 0.200. The van der Waals surface area contributed by atoms with Crippen LogP contribution in [0.15, 0.2) is 120 Å². The van der Waals surface area contributed by atoms with E-state index in [0.717, 1.165) is 33.7 Å². The van der Waals surface area contributed by atoms with E-state index in [4.69, 9.17) is 4.42 Å². The highest BCUT2D eigenvalue weighted by Crippen LogP contribution is 2.46. The van der Waals surface area contributed by atoms with Crippen LogP contribution in [0.2, 0.25) is 0 Å². The van der Waals surface area contributed by atoms with E-state index in [0.29, 0.717) is 0 Å². The fourth-order valence-electron chi connectivity index (χ4n) is 7.08. The molecule has 0 aliphatic carbocycles. The van der Waals surface area contributed by atoms with Crippen LogP contribution in [0.4, 0.5) is 34.1 Å². The summed E-state index contributed by atoms with van der Waals surface area (Å²) in [6.45, 7) is 13.6. The number of rotatable bonds is 2. The molecule has 0 radical (unpaired) electrons. The lowest BCUT2D eigenvalue weighted by Crippen LogP contribution is -2.60. The first-order valence-corrected chi connectivity index (χ1v) is 15.7. The Balaban J connectivity index is 1.40. The molecule has 0 saturated heterocycles. The van der Waals surface area contributed by atoms with Gasteiger partial charge in [-0.05, 0) is 87.5 Å². The first kappa shape index (κ1) is 26.9. The van der Waals surface area contributed by atoms with E-state index < -0.39 is 0 Å². The maximum absolute atomic E-state index is 6.86. The maximum Gasteiger partial charge on any atom is 0.297 e. The van der Waals surface area contributed by atoms with Crippen LogP contribution in [0.5, 0.6) is 0 Å². The summed E-state index contributed by atoms with van der Waals surface area (Å²) in [4.78, 5) is 4.86. The van der Waals surface area contributed by atoms with E-state index in [-0.39, 0.29) is 17.5 Å². The quantitative estimate of drug-likeness (QED) is 0.193. The minimum absolute atomic E-state index is 0.0185. The Bertz CT molecular complexity index is 2040. The molecule has 2 aliphatic rings. The normalized spacial score (nSPS) is 14.0. The summed E-state index contributed by atoms with van der Waals surface area (Å²) in [5.74, 6) is 0. The molecule has 0 unspecified atom stereocenters. The zero-order valence-electron chi connectivity index (χ0n) is 26.3. The number of anilines is 6. The maximum atomic E-state index is 6.86. The van der Waals surface area contributed by atoms with Gasteiger partial charge in [0.25, 0.3) is 6.71 Å². The molecule has 0 atom stereocenters. The van der Waals surface area contributed by atoms with Crippen molar-refractivity contribution in [1.82, 2.24) is 0 Å². The highest BCUT2D eigenvalue weighted by atomic mass is 16.3. The summed E-state index contributed by atoms with van der Waals surface area (Å²) >= 11 is 0. The molecule has 4 heteroatoms. The molecule has 0 spiro atoms. The fourth-order valence-corrected chi connectivity index (χ4v) is 7.08. The van der Waals surface area contributed by atoms with Crippen LogP contribution in [-0.2, 0) is 10.8 Å². The number of nitrogens with zero attached hydrogens (tertiary/aromatic N) is 2. The molecule has 1 aromatic heterocycles. The second kappa shape index (κ2) is 9.40. The van der Waals surface area contributed by atoms with Gasteiger partial charge in [0.1, 0.15) is 5.58 Å². The van der Waals surface area contributed by atoms with Gasteiger partial charge in [0.2, 0.25) is 0 Å². The van der Waals surface area contributed by atoms with Gasteiger partial charge in [-0.2, -0.15) is 0 Å². The van der Waals surface area contributed by atoms with Gasteiger partial charge >= 0.3 is 0 Å². The Labute approximate surface area is 260 Å². The van der Waals surface area contributed by atoms with Crippen LogP contribution in [0.3, 0.4) is 0 Å². The SMILES string of the molecule is CC(C)(C)c1ccc(N2c3ccccc3B3c4oc5ccccc5c4N(c4ccc(C(C)(C)C)cc4)c4cccc2c43)cc1. The van der Waals surface area contributed by atoms with Crippen LogP contribution in [0.1, 0.15) is 52.7 Å². The molecular weight excluding hydrogens is 535 g/mol. The Morgan fingerprint density at radius 3 is 1.68 bits per heavy atom. The number of para-hydroxylation sites is 2. The van der Waals surface area contributed by atoms with Crippen LogP contribution in [0.25, 0.3) is 11.0 Å². The van der Waals surface area contributed by atoms with Crippen molar-refractivity contribution in [2.45, 2.75) is 52.4 Å². The van der Waals surface area contributed by atoms with Crippen molar-refractivity contribution < 1.29 is 4.42 Å². The van der Waals surface area contributed by atoms with Crippen LogP contribution in [0, 0.1) is 0 Å². The van der Waals surface area contributed by atoms with Crippen LogP contribution < -0.4 is 26.4 Å². The summed E-state index contributed by atoms with van der Waals surface area (Å²) < 4.78 is 6.86. The van der Waals surface area contributed by atoms with Crippen LogP contribution >= 0.6 is 0 Å². The van der Waals surface area contributed by atoms with E-state index in [2.05, 4.69) is 167 Å². The van der Waals surface area contributed by atoms with Gasteiger partial charge in [0.15, 0.2) is 0 Å². The number of furan rings is 1. The van der Waals surface area contributed by atoms with Gasteiger partial charge in [-0.15, -0.1) is 0 Å². The molecule has 5 aromatic carbocycles. The molecule has 3 heterocycles. The average molecular weight is 573 g/mol. The molecule has 2 aliphatic heterocycles. The minimum atomic E-state index is -0.0185. The molecule has 0 saturated carbocycles. The van der Waals surface area contributed by atoms with E-state index >= 15 is 0 Å². The number of hydrogen-bond acceptors (Lipinski definition) is 3. The first-order chi connectivity index (χ1) is 21.1. The van der Waals surface area contributed by atoms with Crippen molar-refractivity contribution >= 4 is 68.4 Å². The average Bonchev–Trinajstić information content (AvgIpc) is 3.39. The van der Waals surface area contributed by atoms with E-state index in [9.17, 15) is 0 Å². The Hall–Kier alpha value is -4.70. The van der Waals surface area contributed by atoms with E-state index in [1.54, 1.807) is 0 Å². The standard InChI is InChI=1S/C40H37BN2O/c1-39(2,3)26-18-22-28(23-19-26)42-32-14-9-8-13-31(32)41-36-33(42)15-11-16-34(36)43(29-24-20-27(21-25-29)40(4,5)6)37-30-12-7-10-17-35(30)44-38(37)41/h7-25H,1-6H3. The predicted octanol–water partition coefficient (Wildman–Crippen LogP) is 9.11. The van der Waals surface area contributed by atoms with Gasteiger partial charge in [-0.3, -0.25) is 0 Å².